The summed E-state index contributed by atoms with van der Waals surface area (Å²) in [6.45, 7) is 4.85. The molecule has 1 aliphatic rings. The van der Waals surface area contributed by atoms with Gasteiger partial charge in [-0.15, -0.1) is 0 Å². The van der Waals surface area contributed by atoms with Crippen LogP contribution in [0.5, 0.6) is 5.75 Å². The SMILES string of the molecule is Cc1cc(Nc2ccc(NC(C)C)c3c2C(=O)c2c(O)cccc2C3=O)c(S(=O)(=O)[O-])cc1S(=O)(=O)[O-].[Na+].[Na+]. The van der Waals surface area contributed by atoms with Crippen LogP contribution in [0.4, 0.5) is 17.1 Å². The van der Waals surface area contributed by atoms with Crippen molar-refractivity contribution in [2.45, 2.75) is 36.6 Å². The van der Waals surface area contributed by atoms with Gasteiger partial charge in [0.05, 0.1) is 37.9 Å². The topological polar surface area (TPSA) is 193 Å². The number of phenols is 1. The molecule has 1 aliphatic carbocycles. The zero-order valence-electron chi connectivity index (χ0n) is 21.6. The van der Waals surface area contributed by atoms with Gasteiger partial charge in [0, 0.05) is 17.3 Å². The molecule has 0 aromatic heterocycles. The third-order valence-corrected chi connectivity index (χ3v) is 7.56. The number of fused-ring (bicyclic) bond motifs is 2. The first-order chi connectivity index (χ1) is 17.1. The third kappa shape index (κ3) is 6.43. The fourth-order valence-corrected chi connectivity index (χ4v) is 5.66. The standard InChI is InChI=1S/C24H22N2O9S2.2Na/c1-11(2)25-14-7-8-15(22-21(14)23(28)13-5-4-6-17(27)20(13)24(22)29)26-16-9-12(3)18(36(30,31)32)10-19(16)37(33,34)35;;/h4-11,25-27H,1-3H3,(H,30,31,32)(H,33,34,35);;/q;2*+1/p-2. The Morgan fingerprint density at radius 3 is 1.90 bits per heavy atom. The number of carbonyl (C=O) groups excluding carboxylic acids is 2. The van der Waals surface area contributed by atoms with Gasteiger partial charge in [0.1, 0.15) is 26.0 Å². The number of carbonyl (C=O) groups is 2. The summed E-state index contributed by atoms with van der Waals surface area (Å²) in [6.07, 6.45) is 0. The molecule has 39 heavy (non-hydrogen) atoms. The Balaban J connectivity index is 0.00000267. The summed E-state index contributed by atoms with van der Waals surface area (Å²) in [7, 11) is -10.4. The van der Waals surface area contributed by atoms with Crippen molar-refractivity contribution in [1.29, 1.82) is 0 Å². The van der Waals surface area contributed by atoms with Gasteiger partial charge < -0.3 is 24.8 Å². The summed E-state index contributed by atoms with van der Waals surface area (Å²) in [6, 6.07) is 8.19. The predicted molar refractivity (Wildman–Crippen MR) is 131 cm³/mol. The van der Waals surface area contributed by atoms with Crippen LogP contribution in [-0.4, -0.2) is 48.7 Å². The van der Waals surface area contributed by atoms with E-state index in [4.69, 9.17) is 0 Å². The summed E-state index contributed by atoms with van der Waals surface area (Å²) >= 11 is 0. The van der Waals surface area contributed by atoms with E-state index in [2.05, 4.69) is 10.6 Å². The first-order valence-electron chi connectivity index (χ1n) is 10.8. The summed E-state index contributed by atoms with van der Waals surface area (Å²) in [5, 5.41) is 16.1. The van der Waals surface area contributed by atoms with Crippen LogP contribution < -0.4 is 69.7 Å². The van der Waals surface area contributed by atoms with E-state index in [0.29, 0.717) is 11.8 Å². The van der Waals surface area contributed by atoms with Gasteiger partial charge in [0.25, 0.3) is 0 Å². The molecule has 0 heterocycles. The Kier molecular flexibility index (Phi) is 10.3. The molecule has 0 fully saturated rings. The average Bonchev–Trinajstić information content (AvgIpc) is 2.76. The number of hydrogen-bond acceptors (Lipinski definition) is 11. The van der Waals surface area contributed by atoms with Crippen LogP contribution in [0.25, 0.3) is 0 Å². The van der Waals surface area contributed by atoms with E-state index < -0.39 is 53.0 Å². The number of phenolic OH excluding ortho intramolecular Hbond substituents is 1. The van der Waals surface area contributed by atoms with Gasteiger partial charge in [0.15, 0.2) is 11.6 Å². The molecule has 3 aromatic rings. The molecule has 194 valence electrons. The number of aromatic hydroxyl groups is 1. The molecule has 0 aliphatic heterocycles. The Morgan fingerprint density at radius 1 is 0.769 bits per heavy atom. The maximum absolute atomic E-state index is 13.6. The van der Waals surface area contributed by atoms with Gasteiger partial charge in [-0.25, -0.2) is 16.8 Å². The Morgan fingerprint density at radius 2 is 1.33 bits per heavy atom. The van der Waals surface area contributed by atoms with Crippen molar-refractivity contribution in [3.05, 3.63) is 70.3 Å². The van der Waals surface area contributed by atoms with Crippen LogP contribution >= 0.6 is 0 Å². The minimum absolute atomic E-state index is 0. The van der Waals surface area contributed by atoms with Crippen LogP contribution in [0.2, 0.25) is 0 Å². The molecule has 0 radical (unpaired) electrons. The molecule has 0 bridgehead atoms. The van der Waals surface area contributed by atoms with Crippen LogP contribution in [0.1, 0.15) is 51.3 Å². The molecular formula is C24H20N2Na2O9S2. The van der Waals surface area contributed by atoms with E-state index in [-0.39, 0.29) is 98.7 Å². The molecule has 0 amide bonds. The van der Waals surface area contributed by atoms with Gasteiger partial charge in [-0.2, -0.15) is 0 Å². The van der Waals surface area contributed by atoms with Gasteiger partial charge in [-0.05, 0) is 56.7 Å². The van der Waals surface area contributed by atoms with Crippen molar-refractivity contribution in [1.82, 2.24) is 0 Å². The summed E-state index contributed by atoms with van der Waals surface area (Å²) in [4.78, 5) is 25.1. The number of aryl methyl sites for hydroxylation is 1. The normalized spacial score (nSPS) is 12.7. The number of benzene rings is 3. The first kappa shape index (κ1) is 33.4. The molecule has 0 spiro atoms. The van der Waals surface area contributed by atoms with Crippen LogP contribution in [0, 0.1) is 6.92 Å². The predicted octanol–water partition coefficient (Wildman–Crippen LogP) is -3.14. The molecule has 15 heteroatoms. The molecule has 0 saturated heterocycles. The fourth-order valence-electron chi connectivity index (χ4n) is 4.23. The molecular weight excluding hydrogens is 570 g/mol. The molecule has 3 N–H and O–H groups in total. The molecule has 3 aromatic carbocycles. The Hall–Kier alpha value is -1.78. The quantitative estimate of drug-likeness (QED) is 0.152. The van der Waals surface area contributed by atoms with Crippen LogP contribution in [0.3, 0.4) is 0 Å². The zero-order chi connectivity index (χ0) is 27.4. The number of anilines is 3. The molecule has 0 unspecified atom stereocenters. The van der Waals surface area contributed by atoms with Crippen molar-refractivity contribution < 1.29 is 99.8 Å². The maximum atomic E-state index is 13.6. The maximum Gasteiger partial charge on any atom is 1.00 e. The van der Waals surface area contributed by atoms with Gasteiger partial charge in [-0.3, -0.25) is 9.59 Å². The van der Waals surface area contributed by atoms with Crippen molar-refractivity contribution in [3.63, 3.8) is 0 Å². The minimum atomic E-state index is -5.30. The minimum Gasteiger partial charge on any atom is -0.744 e. The Labute approximate surface area is 269 Å². The molecule has 0 saturated carbocycles. The van der Waals surface area contributed by atoms with Gasteiger partial charge in [-0.1, -0.05) is 12.1 Å². The number of rotatable bonds is 6. The largest absolute Gasteiger partial charge is 1.00 e. The van der Waals surface area contributed by atoms with Gasteiger partial charge >= 0.3 is 59.1 Å². The number of ketones is 2. The second kappa shape index (κ2) is 12.0. The first-order valence-corrected chi connectivity index (χ1v) is 13.6. The van der Waals surface area contributed by atoms with Crippen LogP contribution in [-0.2, 0) is 20.2 Å². The van der Waals surface area contributed by atoms with Crippen LogP contribution in [0.15, 0.2) is 52.3 Å². The second-order valence-corrected chi connectivity index (χ2v) is 11.4. The van der Waals surface area contributed by atoms with Crippen molar-refractivity contribution in [3.8, 4) is 5.75 Å². The number of nitrogens with one attached hydrogen (secondary N) is 2. The monoisotopic (exact) mass is 590 g/mol. The number of hydrogen-bond donors (Lipinski definition) is 3. The van der Waals surface area contributed by atoms with E-state index in [1.54, 1.807) is 0 Å². The fraction of sp³-hybridized carbons (Fsp3) is 0.167. The van der Waals surface area contributed by atoms with E-state index >= 15 is 0 Å². The van der Waals surface area contributed by atoms with Crippen molar-refractivity contribution >= 4 is 48.9 Å². The van der Waals surface area contributed by atoms with E-state index in [9.17, 15) is 40.6 Å². The van der Waals surface area contributed by atoms with Crippen molar-refractivity contribution in [2.24, 2.45) is 0 Å². The summed E-state index contributed by atoms with van der Waals surface area (Å²) < 4.78 is 70.6. The average molecular weight is 591 g/mol. The van der Waals surface area contributed by atoms with E-state index in [1.165, 1.54) is 37.3 Å². The molecule has 0 atom stereocenters. The smallest absolute Gasteiger partial charge is 0.744 e. The van der Waals surface area contributed by atoms with E-state index in [0.717, 1.165) is 6.07 Å². The second-order valence-electron chi connectivity index (χ2n) is 8.71. The molecule has 4 rings (SSSR count). The summed E-state index contributed by atoms with van der Waals surface area (Å²) in [5.74, 6) is -1.74. The summed E-state index contributed by atoms with van der Waals surface area (Å²) in [5.41, 5.74) is -0.837. The van der Waals surface area contributed by atoms with E-state index in [1.807, 2.05) is 13.8 Å². The van der Waals surface area contributed by atoms with Crippen molar-refractivity contribution in [2.75, 3.05) is 10.6 Å². The Bertz CT molecular complexity index is 1720. The van der Waals surface area contributed by atoms with Gasteiger partial charge in [0.2, 0.25) is 0 Å². The zero-order valence-corrected chi connectivity index (χ0v) is 27.3. The third-order valence-electron chi connectivity index (χ3n) is 5.70. The molecule has 11 nitrogen and oxygen atoms in total.